The van der Waals surface area contributed by atoms with E-state index in [1.807, 2.05) is 0 Å². The zero-order chi connectivity index (χ0) is 15.1. The molecule has 1 heterocycles. The van der Waals surface area contributed by atoms with Crippen molar-refractivity contribution < 1.29 is 0 Å². The Labute approximate surface area is 124 Å². The van der Waals surface area contributed by atoms with Crippen LogP contribution in [0.2, 0.25) is 0 Å². The number of nitrogens with one attached hydrogen (secondary N) is 1. The minimum Gasteiger partial charge on any atom is -0.354 e. The smallest absolute Gasteiger partial charge is 0.129 e. The lowest BCUT2D eigenvalue weighted by molar-refractivity contribution is 0.618. The van der Waals surface area contributed by atoms with Gasteiger partial charge in [0, 0.05) is 24.8 Å². The van der Waals surface area contributed by atoms with Crippen LogP contribution in [0.4, 0.5) is 5.82 Å². The summed E-state index contributed by atoms with van der Waals surface area (Å²) in [6.07, 6.45) is 1.14. The first-order valence-corrected chi connectivity index (χ1v) is 8.01. The molecule has 1 unspecified atom stereocenters. The highest BCUT2D eigenvalue weighted by atomic mass is 15.2. The highest BCUT2D eigenvalue weighted by Crippen LogP contribution is 2.22. The van der Waals surface area contributed by atoms with Gasteiger partial charge in [0.2, 0.25) is 0 Å². The highest BCUT2D eigenvalue weighted by molar-refractivity contribution is 5.44. The van der Waals surface area contributed by atoms with Gasteiger partial charge < -0.3 is 10.2 Å². The molecule has 0 aliphatic heterocycles. The van der Waals surface area contributed by atoms with Crippen LogP contribution in [0.5, 0.6) is 0 Å². The Morgan fingerprint density at radius 1 is 1.15 bits per heavy atom. The van der Waals surface area contributed by atoms with E-state index in [9.17, 15) is 0 Å². The molecule has 0 saturated heterocycles. The van der Waals surface area contributed by atoms with Gasteiger partial charge in [0.25, 0.3) is 0 Å². The SMILES string of the molecule is CCNCc1cc(C(C)C)nc(N(CC)C(C)CC)c1. The van der Waals surface area contributed by atoms with Gasteiger partial charge in [-0.05, 0) is 50.4 Å². The molecule has 20 heavy (non-hydrogen) atoms. The molecule has 0 fully saturated rings. The normalized spacial score (nSPS) is 12.8. The van der Waals surface area contributed by atoms with E-state index >= 15 is 0 Å². The summed E-state index contributed by atoms with van der Waals surface area (Å²) in [6, 6.07) is 5.01. The third-order valence-electron chi connectivity index (χ3n) is 3.82. The van der Waals surface area contributed by atoms with Crippen molar-refractivity contribution in [3.8, 4) is 0 Å². The molecular weight excluding hydrogens is 246 g/mol. The van der Waals surface area contributed by atoms with Crippen LogP contribution in [-0.4, -0.2) is 24.1 Å². The van der Waals surface area contributed by atoms with Crippen LogP contribution in [0.3, 0.4) is 0 Å². The molecule has 0 bridgehead atoms. The van der Waals surface area contributed by atoms with E-state index < -0.39 is 0 Å². The van der Waals surface area contributed by atoms with Crippen LogP contribution in [0.15, 0.2) is 12.1 Å². The van der Waals surface area contributed by atoms with Gasteiger partial charge in [-0.25, -0.2) is 4.98 Å². The summed E-state index contributed by atoms with van der Waals surface area (Å²) >= 11 is 0. The van der Waals surface area contributed by atoms with Crippen molar-refractivity contribution >= 4 is 5.82 Å². The second-order valence-electron chi connectivity index (χ2n) is 5.74. The van der Waals surface area contributed by atoms with E-state index in [0.29, 0.717) is 12.0 Å². The summed E-state index contributed by atoms with van der Waals surface area (Å²) < 4.78 is 0. The van der Waals surface area contributed by atoms with E-state index in [1.165, 1.54) is 11.3 Å². The molecule has 114 valence electrons. The van der Waals surface area contributed by atoms with Crippen molar-refractivity contribution in [2.75, 3.05) is 18.0 Å². The second-order valence-corrected chi connectivity index (χ2v) is 5.74. The number of nitrogens with zero attached hydrogens (tertiary/aromatic N) is 2. The predicted octanol–water partition coefficient (Wildman–Crippen LogP) is 3.94. The lowest BCUT2D eigenvalue weighted by Crippen LogP contribution is -2.33. The highest BCUT2D eigenvalue weighted by Gasteiger charge is 2.15. The van der Waals surface area contributed by atoms with E-state index in [-0.39, 0.29) is 0 Å². The maximum Gasteiger partial charge on any atom is 0.129 e. The number of pyridine rings is 1. The first-order chi connectivity index (χ1) is 9.53. The van der Waals surface area contributed by atoms with Gasteiger partial charge in [-0.3, -0.25) is 0 Å². The van der Waals surface area contributed by atoms with Crippen LogP contribution >= 0.6 is 0 Å². The molecule has 3 heteroatoms. The molecule has 0 aliphatic carbocycles. The zero-order valence-corrected chi connectivity index (χ0v) is 14.0. The molecule has 1 atom stereocenters. The number of aromatic nitrogens is 1. The van der Waals surface area contributed by atoms with Gasteiger partial charge in [0.1, 0.15) is 5.82 Å². The van der Waals surface area contributed by atoms with E-state index in [2.05, 4.69) is 63.9 Å². The Hall–Kier alpha value is -1.09. The monoisotopic (exact) mass is 277 g/mol. The van der Waals surface area contributed by atoms with Crippen LogP contribution in [-0.2, 0) is 6.54 Å². The minimum absolute atomic E-state index is 0.464. The molecule has 0 aromatic carbocycles. The quantitative estimate of drug-likeness (QED) is 0.780. The van der Waals surface area contributed by atoms with Gasteiger partial charge >= 0.3 is 0 Å². The Morgan fingerprint density at radius 2 is 1.85 bits per heavy atom. The zero-order valence-electron chi connectivity index (χ0n) is 14.0. The van der Waals surface area contributed by atoms with Crippen molar-refractivity contribution in [1.82, 2.24) is 10.3 Å². The summed E-state index contributed by atoms with van der Waals surface area (Å²) in [5.41, 5.74) is 2.53. The average molecular weight is 277 g/mol. The second kappa shape index (κ2) is 8.25. The molecule has 3 nitrogen and oxygen atoms in total. The summed E-state index contributed by atoms with van der Waals surface area (Å²) in [7, 11) is 0. The first kappa shape index (κ1) is 17.0. The molecular formula is C17H31N3. The summed E-state index contributed by atoms with van der Waals surface area (Å²) in [5.74, 6) is 1.59. The summed E-state index contributed by atoms with van der Waals surface area (Å²) in [4.78, 5) is 7.28. The molecule has 1 rings (SSSR count). The molecule has 0 radical (unpaired) electrons. The third-order valence-corrected chi connectivity index (χ3v) is 3.82. The van der Waals surface area contributed by atoms with Crippen molar-refractivity contribution in [2.24, 2.45) is 0 Å². The maximum absolute atomic E-state index is 4.88. The van der Waals surface area contributed by atoms with Gasteiger partial charge in [-0.1, -0.05) is 27.7 Å². The topological polar surface area (TPSA) is 28.2 Å². The number of hydrogen-bond donors (Lipinski definition) is 1. The fourth-order valence-electron chi connectivity index (χ4n) is 2.33. The molecule has 0 spiro atoms. The fourth-order valence-corrected chi connectivity index (χ4v) is 2.33. The molecule has 1 aromatic rings. The van der Waals surface area contributed by atoms with E-state index in [0.717, 1.165) is 31.9 Å². The van der Waals surface area contributed by atoms with Crippen LogP contribution in [0, 0.1) is 0 Å². The Bertz CT molecular complexity index is 401. The minimum atomic E-state index is 0.464. The summed E-state index contributed by atoms with van der Waals surface area (Å²) in [5, 5.41) is 3.41. The summed E-state index contributed by atoms with van der Waals surface area (Å²) in [6.45, 7) is 16.2. The molecule has 0 saturated carbocycles. The van der Waals surface area contributed by atoms with Crippen LogP contribution in [0.1, 0.15) is 65.1 Å². The number of rotatable bonds is 8. The molecule has 0 aliphatic rings. The van der Waals surface area contributed by atoms with Gasteiger partial charge in [-0.15, -0.1) is 0 Å². The third kappa shape index (κ3) is 4.48. The molecule has 1 N–H and O–H groups in total. The average Bonchev–Trinajstić information content (AvgIpc) is 2.45. The van der Waals surface area contributed by atoms with Gasteiger partial charge in [0.05, 0.1) is 0 Å². The first-order valence-electron chi connectivity index (χ1n) is 8.01. The molecule has 0 amide bonds. The van der Waals surface area contributed by atoms with Crippen LogP contribution < -0.4 is 10.2 Å². The van der Waals surface area contributed by atoms with Crippen molar-refractivity contribution in [2.45, 2.75) is 66.5 Å². The van der Waals surface area contributed by atoms with Gasteiger partial charge in [0.15, 0.2) is 0 Å². The fraction of sp³-hybridized carbons (Fsp3) is 0.706. The number of hydrogen-bond acceptors (Lipinski definition) is 3. The van der Waals surface area contributed by atoms with Crippen molar-refractivity contribution in [3.63, 3.8) is 0 Å². The lowest BCUT2D eigenvalue weighted by atomic mass is 10.1. The number of anilines is 1. The Balaban J connectivity index is 3.12. The largest absolute Gasteiger partial charge is 0.354 e. The lowest BCUT2D eigenvalue weighted by Gasteiger charge is -2.29. The van der Waals surface area contributed by atoms with Crippen molar-refractivity contribution in [3.05, 3.63) is 23.4 Å². The van der Waals surface area contributed by atoms with Crippen LogP contribution in [0.25, 0.3) is 0 Å². The van der Waals surface area contributed by atoms with Gasteiger partial charge in [-0.2, -0.15) is 0 Å². The van der Waals surface area contributed by atoms with Crippen molar-refractivity contribution in [1.29, 1.82) is 0 Å². The standard InChI is InChI=1S/C17H31N3/c1-7-14(6)20(9-3)17-11-15(12-18-8-2)10-16(19-17)13(4)5/h10-11,13-14,18H,7-9,12H2,1-6H3. The maximum atomic E-state index is 4.88. The Kier molecular flexibility index (Phi) is 7.00. The van der Waals surface area contributed by atoms with E-state index in [1.54, 1.807) is 0 Å². The predicted molar refractivity (Wildman–Crippen MR) is 88.5 cm³/mol. The molecule has 1 aromatic heterocycles. The van der Waals surface area contributed by atoms with E-state index in [4.69, 9.17) is 4.98 Å². The Morgan fingerprint density at radius 3 is 2.35 bits per heavy atom.